The van der Waals surface area contributed by atoms with Crippen LogP contribution in [0.3, 0.4) is 0 Å². The molecule has 3 N–H and O–H groups in total. The fourth-order valence-electron chi connectivity index (χ4n) is 2.18. The van der Waals surface area contributed by atoms with Crippen molar-refractivity contribution in [1.29, 1.82) is 0 Å². The fourth-order valence-corrected chi connectivity index (χ4v) is 3.20. The molecule has 2 atom stereocenters. The standard InChI is InChI=1S/C14H19F3N4OS/c1-8(18)11(22)3-4-21(2)12-10-5-9(6-14(15,16)17)23-13(10)20-7-19-12/h5,7-8,11,22H,3-4,6,18H2,1-2H3. The number of hydrogen-bond acceptors (Lipinski definition) is 6. The lowest BCUT2D eigenvalue weighted by molar-refractivity contribution is -0.126. The molecule has 0 fully saturated rings. The van der Waals surface area contributed by atoms with E-state index in [2.05, 4.69) is 9.97 Å². The smallest absolute Gasteiger partial charge is 0.391 e. The average molecular weight is 348 g/mol. The molecule has 0 radical (unpaired) electrons. The monoisotopic (exact) mass is 348 g/mol. The van der Waals surface area contributed by atoms with Crippen molar-refractivity contribution in [3.8, 4) is 0 Å². The van der Waals surface area contributed by atoms with Crippen LogP contribution in [0.15, 0.2) is 12.4 Å². The van der Waals surface area contributed by atoms with Gasteiger partial charge >= 0.3 is 6.18 Å². The van der Waals surface area contributed by atoms with Crippen molar-refractivity contribution in [3.05, 3.63) is 17.3 Å². The summed E-state index contributed by atoms with van der Waals surface area (Å²) in [6.45, 7) is 2.20. The minimum absolute atomic E-state index is 0.207. The Bertz CT molecular complexity index is 659. The Balaban J connectivity index is 2.20. The second-order valence-corrected chi connectivity index (χ2v) is 6.67. The van der Waals surface area contributed by atoms with E-state index in [1.807, 2.05) is 0 Å². The first kappa shape index (κ1) is 17.9. The van der Waals surface area contributed by atoms with Crippen molar-refractivity contribution < 1.29 is 18.3 Å². The third kappa shape index (κ3) is 4.76. The molecule has 128 valence electrons. The number of hydrogen-bond donors (Lipinski definition) is 2. The molecule has 2 aromatic heterocycles. The topological polar surface area (TPSA) is 75.3 Å². The molecule has 0 bridgehead atoms. The van der Waals surface area contributed by atoms with Crippen LogP contribution >= 0.6 is 11.3 Å². The van der Waals surface area contributed by atoms with Crippen LogP contribution in [0.5, 0.6) is 0 Å². The van der Waals surface area contributed by atoms with E-state index in [0.29, 0.717) is 29.0 Å². The lowest BCUT2D eigenvalue weighted by atomic mass is 10.1. The number of halogens is 3. The minimum atomic E-state index is -4.25. The van der Waals surface area contributed by atoms with Gasteiger partial charge in [0.2, 0.25) is 0 Å². The Kier molecular flexibility index (Phi) is 5.43. The largest absolute Gasteiger partial charge is 0.393 e. The SMILES string of the molecule is CC(N)C(O)CCN(C)c1ncnc2sc(CC(F)(F)F)cc12. The molecule has 0 aromatic carbocycles. The Morgan fingerprint density at radius 3 is 2.70 bits per heavy atom. The van der Waals surface area contributed by atoms with E-state index in [1.54, 1.807) is 18.9 Å². The summed E-state index contributed by atoms with van der Waals surface area (Å²) >= 11 is 1.02. The average Bonchev–Trinajstić information content (AvgIpc) is 2.83. The molecular weight excluding hydrogens is 329 g/mol. The van der Waals surface area contributed by atoms with Gasteiger partial charge < -0.3 is 15.7 Å². The Morgan fingerprint density at radius 1 is 1.39 bits per heavy atom. The third-order valence-corrected chi connectivity index (χ3v) is 4.51. The van der Waals surface area contributed by atoms with Crippen LogP contribution in [0.25, 0.3) is 10.2 Å². The van der Waals surface area contributed by atoms with Crippen molar-refractivity contribution >= 4 is 27.4 Å². The first-order chi connectivity index (χ1) is 10.7. The summed E-state index contributed by atoms with van der Waals surface area (Å²) in [6.07, 6.45) is -4.08. The maximum Gasteiger partial charge on any atom is 0.393 e. The zero-order valence-electron chi connectivity index (χ0n) is 12.8. The highest BCUT2D eigenvalue weighted by Crippen LogP contribution is 2.33. The van der Waals surface area contributed by atoms with Crippen LogP contribution in [0.2, 0.25) is 0 Å². The molecular formula is C14H19F3N4OS. The third-order valence-electron chi connectivity index (χ3n) is 3.46. The van der Waals surface area contributed by atoms with Gasteiger partial charge in [-0.2, -0.15) is 13.2 Å². The van der Waals surface area contributed by atoms with Crippen molar-refractivity contribution in [2.45, 2.75) is 38.1 Å². The number of aliphatic hydroxyl groups is 1. The number of rotatable bonds is 6. The number of anilines is 1. The Hall–Kier alpha value is -1.45. The first-order valence-electron chi connectivity index (χ1n) is 7.12. The number of aromatic nitrogens is 2. The molecule has 0 aliphatic heterocycles. The van der Waals surface area contributed by atoms with Crippen LogP contribution < -0.4 is 10.6 Å². The molecule has 0 aliphatic carbocycles. The zero-order chi connectivity index (χ0) is 17.2. The fraction of sp³-hybridized carbons (Fsp3) is 0.571. The number of alkyl halides is 3. The molecule has 2 heterocycles. The quantitative estimate of drug-likeness (QED) is 0.838. The summed E-state index contributed by atoms with van der Waals surface area (Å²) in [4.78, 5) is 10.7. The molecule has 0 aliphatic rings. The molecule has 2 rings (SSSR count). The van der Waals surface area contributed by atoms with E-state index < -0.39 is 18.7 Å². The second kappa shape index (κ2) is 6.98. The molecule has 0 saturated heterocycles. The molecule has 9 heteroatoms. The summed E-state index contributed by atoms with van der Waals surface area (Å²) in [5.74, 6) is 0.552. The van der Waals surface area contributed by atoms with Gasteiger partial charge in [-0.05, 0) is 19.4 Å². The minimum Gasteiger partial charge on any atom is -0.391 e. The van der Waals surface area contributed by atoms with Crippen molar-refractivity contribution in [1.82, 2.24) is 9.97 Å². The van der Waals surface area contributed by atoms with E-state index in [9.17, 15) is 18.3 Å². The highest BCUT2D eigenvalue weighted by molar-refractivity contribution is 7.18. The van der Waals surface area contributed by atoms with Gasteiger partial charge in [0, 0.05) is 24.5 Å². The Morgan fingerprint density at radius 2 is 2.09 bits per heavy atom. The molecule has 0 amide bonds. The summed E-state index contributed by atoms with van der Waals surface area (Å²) in [5, 5.41) is 10.4. The van der Waals surface area contributed by atoms with Crippen LogP contribution in [0.4, 0.5) is 19.0 Å². The highest BCUT2D eigenvalue weighted by atomic mass is 32.1. The molecule has 0 spiro atoms. The van der Waals surface area contributed by atoms with Crippen LogP contribution in [-0.2, 0) is 6.42 Å². The lowest BCUT2D eigenvalue weighted by Crippen LogP contribution is -2.34. The van der Waals surface area contributed by atoms with Crippen LogP contribution in [0, 0.1) is 0 Å². The number of fused-ring (bicyclic) bond motifs is 1. The van der Waals surface area contributed by atoms with Gasteiger partial charge in [0.05, 0.1) is 17.9 Å². The van der Waals surface area contributed by atoms with Gasteiger partial charge in [-0.3, -0.25) is 0 Å². The van der Waals surface area contributed by atoms with Crippen molar-refractivity contribution in [3.63, 3.8) is 0 Å². The van der Waals surface area contributed by atoms with E-state index in [-0.39, 0.29) is 10.9 Å². The molecule has 2 unspecified atom stereocenters. The van der Waals surface area contributed by atoms with Crippen molar-refractivity contribution in [2.24, 2.45) is 5.73 Å². The van der Waals surface area contributed by atoms with Gasteiger partial charge in [-0.1, -0.05) is 0 Å². The molecule has 5 nitrogen and oxygen atoms in total. The maximum absolute atomic E-state index is 12.5. The number of nitrogens with two attached hydrogens (primary N) is 1. The van der Waals surface area contributed by atoms with Gasteiger partial charge in [0.15, 0.2) is 0 Å². The van der Waals surface area contributed by atoms with E-state index in [4.69, 9.17) is 5.73 Å². The van der Waals surface area contributed by atoms with E-state index in [0.717, 1.165) is 11.3 Å². The predicted molar refractivity (Wildman–Crippen MR) is 84.7 cm³/mol. The highest BCUT2D eigenvalue weighted by Gasteiger charge is 2.29. The number of thiophene rings is 1. The summed E-state index contributed by atoms with van der Waals surface area (Å²) in [7, 11) is 1.77. The summed E-state index contributed by atoms with van der Waals surface area (Å²) in [5.41, 5.74) is 5.61. The van der Waals surface area contributed by atoms with Gasteiger partial charge in [0.1, 0.15) is 17.0 Å². The van der Waals surface area contributed by atoms with E-state index >= 15 is 0 Å². The van der Waals surface area contributed by atoms with Gasteiger partial charge in [-0.25, -0.2) is 9.97 Å². The zero-order valence-corrected chi connectivity index (χ0v) is 13.7. The normalized spacial score (nSPS) is 14.9. The summed E-state index contributed by atoms with van der Waals surface area (Å²) in [6, 6.07) is 1.15. The molecule has 0 saturated carbocycles. The van der Waals surface area contributed by atoms with Crippen LogP contribution in [0.1, 0.15) is 18.2 Å². The Labute approximate surface area is 136 Å². The van der Waals surface area contributed by atoms with Gasteiger partial charge in [0.25, 0.3) is 0 Å². The molecule has 2 aromatic rings. The summed E-state index contributed by atoms with van der Waals surface area (Å²) < 4.78 is 37.6. The van der Waals surface area contributed by atoms with E-state index in [1.165, 1.54) is 12.4 Å². The predicted octanol–water partition coefficient (Wildman–Crippen LogP) is 2.33. The lowest BCUT2D eigenvalue weighted by Gasteiger charge is -2.21. The van der Waals surface area contributed by atoms with Gasteiger partial charge in [-0.15, -0.1) is 11.3 Å². The van der Waals surface area contributed by atoms with Crippen molar-refractivity contribution in [2.75, 3.05) is 18.5 Å². The first-order valence-corrected chi connectivity index (χ1v) is 7.94. The second-order valence-electron chi connectivity index (χ2n) is 5.56. The number of nitrogens with zero attached hydrogens (tertiary/aromatic N) is 3. The molecule has 23 heavy (non-hydrogen) atoms. The van der Waals surface area contributed by atoms with Crippen LogP contribution in [-0.4, -0.2) is 47.0 Å². The number of aliphatic hydroxyl groups excluding tert-OH is 1. The maximum atomic E-state index is 12.5.